The number of carbonyl (C=O) groups excluding carboxylic acids is 1. The van der Waals surface area contributed by atoms with Crippen molar-refractivity contribution < 1.29 is 9.72 Å². The van der Waals surface area contributed by atoms with Crippen molar-refractivity contribution in [3.63, 3.8) is 0 Å². The number of nitrogens with two attached hydrogens (primary N) is 1. The van der Waals surface area contributed by atoms with Crippen LogP contribution in [0.15, 0.2) is 18.2 Å². The van der Waals surface area contributed by atoms with Crippen molar-refractivity contribution >= 4 is 17.3 Å². The first kappa shape index (κ1) is 11.4. The SMILES string of the molecule is NC(=O)c1ccc(N2CCCC2)c([N+](=O)[O-])c1. The number of anilines is 1. The second-order valence-corrected chi connectivity index (χ2v) is 4.02. The van der Waals surface area contributed by atoms with Crippen molar-refractivity contribution in [2.75, 3.05) is 18.0 Å². The molecule has 1 amide bonds. The average molecular weight is 235 g/mol. The fourth-order valence-corrected chi connectivity index (χ4v) is 2.05. The molecule has 17 heavy (non-hydrogen) atoms. The van der Waals surface area contributed by atoms with E-state index in [0.29, 0.717) is 5.69 Å². The molecule has 0 saturated carbocycles. The maximum absolute atomic E-state index is 11.0. The zero-order valence-electron chi connectivity index (χ0n) is 9.26. The lowest BCUT2D eigenvalue weighted by Gasteiger charge is -2.17. The molecule has 0 aliphatic carbocycles. The molecule has 1 aromatic rings. The molecule has 0 radical (unpaired) electrons. The molecule has 6 heteroatoms. The Hall–Kier alpha value is -2.11. The zero-order chi connectivity index (χ0) is 12.4. The van der Waals surface area contributed by atoms with E-state index in [2.05, 4.69) is 0 Å². The predicted octanol–water partition coefficient (Wildman–Crippen LogP) is 1.29. The van der Waals surface area contributed by atoms with Gasteiger partial charge >= 0.3 is 0 Å². The first-order valence-corrected chi connectivity index (χ1v) is 5.43. The molecule has 90 valence electrons. The number of amides is 1. The summed E-state index contributed by atoms with van der Waals surface area (Å²) in [6.07, 6.45) is 2.07. The lowest BCUT2D eigenvalue weighted by Crippen LogP contribution is -2.19. The summed E-state index contributed by atoms with van der Waals surface area (Å²) in [6.45, 7) is 1.63. The van der Waals surface area contributed by atoms with Crippen LogP contribution in [0.1, 0.15) is 23.2 Å². The second-order valence-electron chi connectivity index (χ2n) is 4.02. The van der Waals surface area contributed by atoms with Gasteiger partial charge < -0.3 is 10.6 Å². The lowest BCUT2D eigenvalue weighted by molar-refractivity contribution is -0.384. The van der Waals surface area contributed by atoms with E-state index in [-0.39, 0.29) is 11.3 Å². The molecule has 1 aliphatic rings. The molecule has 2 N–H and O–H groups in total. The molecule has 0 unspecified atom stereocenters. The Morgan fingerprint density at radius 3 is 2.53 bits per heavy atom. The smallest absolute Gasteiger partial charge is 0.293 e. The highest BCUT2D eigenvalue weighted by atomic mass is 16.6. The maximum atomic E-state index is 11.0. The Bertz CT molecular complexity index is 467. The van der Waals surface area contributed by atoms with E-state index < -0.39 is 10.8 Å². The Kier molecular flexibility index (Phi) is 2.95. The van der Waals surface area contributed by atoms with Gasteiger partial charge in [-0.1, -0.05) is 0 Å². The van der Waals surface area contributed by atoms with Crippen LogP contribution in [-0.4, -0.2) is 23.9 Å². The highest BCUT2D eigenvalue weighted by Gasteiger charge is 2.23. The largest absolute Gasteiger partial charge is 0.366 e. The minimum atomic E-state index is -0.652. The monoisotopic (exact) mass is 235 g/mol. The molecule has 1 aromatic carbocycles. The molecule has 2 rings (SSSR count). The van der Waals surface area contributed by atoms with Gasteiger partial charge in [0.25, 0.3) is 5.69 Å². The van der Waals surface area contributed by atoms with Gasteiger partial charge in [0.2, 0.25) is 5.91 Å². The predicted molar refractivity (Wildman–Crippen MR) is 63.1 cm³/mol. The summed E-state index contributed by atoms with van der Waals surface area (Å²) < 4.78 is 0. The first-order chi connectivity index (χ1) is 8.09. The molecular weight excluding hydrogens is 222 g/mol. The summed E-state index contributed by atoms with van der Waals surface area (Å²) in [7, 11) is 0. The molecule has 0 aromatic heterocycles. The van der Waals surface area contributed by atoms with Crippen molar-refractivity contribution in [3.05, 3.63) is 33.9 Å². The molecule has 0 spiro atoms. The molecular formula is C11H13N3O3. The number of nitrogens with zero attached hydrogens (tertiary/aromatic N) is 2. The number of nitro benzene ring substituents is 1. The van der Waals surface area contributed by atoms with E-state index in [4.69, 9.17) is 5.73 Å². The van der Waals surface area contributed by atoms with E-state index in [9.17, 15) is 14.9 Å². The van der Waals surface area contributed by atoms with Crippen molar-refractivity contribution in [1.82, 2.24) is 0 Å². The number of primary amides is 1. The molecule has 0 atom stereocenters. The number of nitro groups is 1. The minimum absolute atomic E-state index is 0.0526. The highest BCUT2D eigenvalue weighted by molar-refractivity contribution is 5.94. The van der Waals surface area contributed by atoms with E-state index in [1.54, 1.807) is 6.07 Å². The standard InChI is InChI=1S/C11H13N3O3/c12-11(15)8-3-4-9(10(7-8)14(16)17)13-5-1-2-6-13/h3-4,7H,1-2,5-6H2,(H2,12,15). The van der Waals surface area contributed by atoms with Crippen molar-refractivity contribution in [2.45, 2.75) is 12.8 Å². The zero-order valence-corrected chi connectivity index (χ0v) is 9.26. The maximum Gasteiger partial charge on any atom is 0.293 e. The summed E-state index contributed by atoms with van der Waals surface area (Å²) in [5, 5.41) is 11.0. The van der Waals surface area contributed by atoms with Gasteiger partial charge in [0.1, 0.15) is 5.69 Å². The topological polar surface area (TPSA) is 89.5 Å². The molecule has 1 fully saturated rings. The average Bonchev–Trinajstić information content (AvgIpc) is 2.81. The van der Waals surface area contributed by atoms with Crippen LogP contribution >= 0.6 is 0 Å². The van der Waals surface area contributed by atoms with Gasteiger partial charge in [0.05, 0.1) is 4.92 Å². The number of rotatable bonds is 3. The third kappa shape index (κ3) is 2.20. The van der Waals surface area contributed by atoms with Crippen LogP contribution in [-0.2, 0) is 0 Å². The van der Waals surface area contributed by atoms with Gasteiger partial charge in [-0.2, -0.15) is 0 Å². The van der Waals surface area contributed by atoms with Crippen molar-refractivity contribution in [3.8, 4) is 0 Å². The first-order valence-electron chi connectivity index (χ1n) is 5.43. The Morgan fingerprint density at radius 2 is 2.00 bits per heavy atom. The number of hydrogen-bond donors (Lipinski definition) is 1. The van der Waals surface area contributed by atoms with E-state index >= 15 is 0 Å². The van der Waals surface area contributed by atoms with Gasteiger partial charge in [-0.05, 0) is 25.0 Å². The van der Waals surface area contributed by atoms with Gasteiger partial charge in [0.15, 0.2) is 0 Å². The fraction of sp³-hybridized carbons (Fsp3) is 0.364. The quantitative estimate of drug-likeness (QED) is 0.631. The summed E-state index contributed by atoms with van der Waals surface area (Å²) >= 11 is 0. The van der Waals surface area contributed by atoms with E-state index in [1.165, 1.54) is 12.1 Å². The molecule has 1 heterocycles. The fourth-order valence-electron chi connectivity index (χ4n) is 2.05. The number of hydrogen-bond acceptors (Lipinski definition) is 4. The van der Waals surface area contributed by atoms with Crippen LogP contribution in [0.5, 0.6) is 0 Å². The normalized spacial score (nSPS) is 14.9. The van der Waals surface area contributed by atoms with Crippen molar-refractivity contribution in [1.29, 1.82) is 0 Å². The lowest BCUT2D eigenvalue weighted by atomic mass is 10.1. The molecule has 1 saturated heterocycles. The van der Waals surface area contributed by atoms with E-state index in [1.807, 2.05) is 4.90 Å². The Balaban J connectivity index is 2.44. The van der Waals surface area contributed by atoms with E-state index in [0.717, 1.165) is 25.9 Å². The summed E-state index contributed by atoms with van der Waals surface area (Å²) in [6, 6.07) is 4.38. The molecule has 1 aliphatic heterocycles. The molecule has 0 bridgehead atoms. The van der Waals surface area contributed by atoms with Crippen LogP contribution in [0.3, 0.4) is 0 Å². The highest BCUT2D eigenvalue weighted by Crippen LogP contribution is 2.31. The Morgan fingerprint density at radius 1 is 1.35 bits per heavy atom. The third-order valence-electron chi connectivity index (χ3n) is 2.90. The van der Waals surface area contributed by atoms with Crippen LogP contribution in [0.4, 0.5) is 11.4 Å². The van der Waals surface area contributed by atoms with Crippen LogP contribution in [0, 0.1) is 10.1 Å². The number of benzene rings is 1. The van der Waals surface area contributed by atoms with Gasteiger partial charge in [-0.15, -0.1) is 0 Å². The third-order valence-corrected chi connectivity index (χ3v) is 2.90. The summed E-state index contributed by atoms with van der Waals surface area (Å²) in [4.78, 5) is 23.5. The minimum Gasteiger partial charge on any atom is -0.366 e. The Labute approximate surface area is 98.2 Å². The number of carbonyl (C=O) groups is 1. The van der Waals surface area contributed by atoms with Gasteiger partial charge in [0, 0.05) is 24.7 Å². The van der Waals surface area contributed by atoms with Crippen LogP contribution in [0.2, 0.25) is 0 Å². The van der Waals surface area contributed by atoms with Gasteiger partial charge in [-0.3, -0.25) is 14.9 Å². The van der Waals surface area contributed by atoms with Crippen LogP contribution < -0.4 is 10.6 Å². The van der Waals surface area contributed by atoms with Crippen molar-refractivity contribution in [2.24, 2.45) is 5.73 Å². The van der Waals surface area contributed by atoms with Crippen LogP contribution in [0.25, 0.3) is 0 Å². The second kappa shape index (κ2) is 4.40. The van der Waals surface area contributed by atoms with Gasteiger partial charge in [-0.25, -0.2) is 0 Å². The molecule has 6 nitrogen and oxygen atoms in total. The summed E-state index contributed by atoms with van der Waals surface area (Å²) in [5.41, 5.74) is 5.79. The summed E-state index contributed by atoms with van der Waals surface area (Å²) in [5.74, 6) is -0.652.